The first-order valence-electron chi connectivity index (χ1n) is 6.02. The highest BCUT2D eigenvalue weighted by molar-refractivity contribution is 5.71. The van der Waals surface area contributed by atoms with E-state index in [0.717, 1.165) is 19.3 Å². The fourth-order valence-corrected chi connectivity index (χ4v) is 2.66. The molecule has 0 aromatic rings. The molecule has 0 saturated carbocycles. The topological polar surface area (TPSA) is 66.8 Å². The molecule has 0 radical (unpaired) electrons. The maximum absolute atomic E-state index is 11.5. The molecule has 5 heteroatoms. The van der Waals surface area contributed by atoms with Crippen LogP contribution in [0.25, 0.3) is 0 Å². The molecule has 1 amide bonds. The van der Waals surface area contributed by atoms with Gasteiger partial charge in [-0.2, -0.15) is 0 Å². The number of carbonyl (C=O) groups is 2. The van der Waals surface area contributed by atoms with Crippen molar-refractivity contribution in [2.75, 3.05) is 20.2 Å². The lowest BCUT2D eigenvalue weighted by Gasteiger charge is -2.44. The molecular formula is C12H21NO4. The number of piperidine rings is 1. The van der Waals surface area contributed by atoms with E-state index >= 15 is 0 Å². The van der Waals surface area contributed by atoms with Crippen molar-refractivity contribution in [1.82, 2.24) is 4.90 Å². The molecule has 2 unspecified atom stereocenters. The summed E-state index contributed by atoms with van der Waals surface area (Å²) in [6.07, 6.45) is 2.08. The summed E-state index contributed by atoms with van der Waals surface area (Å²) < 4.78 is 4.71. The molecule has 17 heavy (non-hydrogen) atoms. The van der Waals surface area contributed by atoms with E-state index < -0.39 is 11.9 Å². The van der Waals surface area contributed by atoms with Crippen LogP contribution < -0.4 is 0 Å². The zero-order valence-electron chi connectivity index (χ0n) is 10.7. The van der Waals surface area contributed by atoms with Crippen LogP contribution in [-0.4, -0.2) is 42.3 Å². The van der Waals surface area contributed by atoms with Crippen molar-refractivity contribution in [3.8, 4) is 0 Å². The molecule has 2 atom stereocenters. The Labute approximate surface area is 102 Å². The lowest BCUT2D eigenvalue weighted by Crippen LogP contribution is -2.50. The van der Waals surface area contributed by atoms with Crippen molar-refractivity contribution in [3.05, 3.63) is 0 Å². The van der Waals surface area contributed by atoms with Crippen LogP contribution in [0.5, 0.6) is 0 Å². The number of carbonyl (C=O) groups excluding carboxylic acids is 1. The van der Waals surface area contributed by atoms with Crippen LogP contribution in [0.4, 0.5) is 4.79 Å². The third kappa shape index (κ3) is 2.70. The summed E-state index contributed by atoms with van der Waals surface area (Å²) in [6.45, 7) is 4.84. The van der Waals surface area contributed by atoms with Gasteiger partial charge in [-0.3, -0.25) is 4.79 Å². The van der Waals surface area contributed by atoms with Gasteiger partial charge in [-0.05, 0) is 19.3 Å². The van der Waals surface area contributed by atoms with Gasteiger partial charge in [0.05, 0.1) is 13.0 Å². The average Bonchev–Trinajstić information content (AvgIpc) is 2.36. The number of nitrogens with zero attached hydrogens (tertiary/aromatic N) is 1. The van der Waals surface area contributed by atoms with Crippen LogP contribution in [0.1, 0.15) is 33.1 Å². The quantitative estimate of drug-likeness (QED) is 0.822. The number of rotatable bonds is 3. The summed E-state index contributed by atoms with van der Waals surface area (Å²) >= 11 is 0. The summed E-state index contributed by atoms with van der Waals surface area (Å²) in [4.78, 5) is 24.3. The summed E-state index contributed by atoms with van der Waals surface area (Å²) in [7, 11) is 1.35. The van der Waals surface area contributed by atoms with Gasteiger partial charge >= 0.3 is 12.1 Å². The molecule has 0 aromatic carbocycles. The maximum atomic E-state index is 11.5. The molecule has 0 aromatic heterocycles. The van der Waals surface area contributed by atoms with Crippen molar-refractivity contribution in [1.29, 1.82) is 0 Å². The van der Waals surface area contributed by atoms with Crippen LogP contribution in [0.2, 0.25) is 0 Å². The second-order valence-corrected chi connectivity index (χ2v) is 4.77. The second kappa shape index (κ2) is 5.38. The van der Waals surface area contributed by atoms with Gasteiger partial charge in [-0.15, -0.1) is 0 Å². The Morgan fingerprint density at radius 2 is 2.18 bits per heavy atom. The molecule has 0 spiro atoms. The molecule has 1 aliphatic heterocycles. The smallest absolute Gasteiger partial charge is 0.409 e. The lowest BCUT2D eigenvalue weighted by molar-refractivity contribution is -0.147. The first kappa shape index (κ1) is 13.8. The zero-order valence-corrected chi connectivity index (χ0v) is 10.7. The highest BCUT2D eigenvalue weighted by Gasteiger charge is 2.43. The third-order valence-electron chi connectivity index (χ3n) is 4.03. The Kier molecular flexibility index (Phi) is 4.37. The van der Waals surface area contributed by atoms with Gasteiger partial charge < -0.3 is 14.7 Å². The van der Waals surface area contributed by atoms with Gasteiger partial charge in [-0.25, -0.2) is 4.79 Å². The summed E-state index contributed by atoms with van der Waals surface area (Å²) in [6, 6.07) is 0. The Hall–Kier alpha value is -1.26. The second-order valence-electron chi connectivity index (χ2n) is 4.77. The van der Waals surface area contributed by atoms with E-state index in [1.54, 1.807) is 11.8 Å². The molecule has 98 valence electrons. The van der Waals surface area contributed by atoms with Crippen molar-refractivity contribution in [2.24, 2.45) is 11.3 Å². The standard InChI is InChI=1S/C12H21NO4/c1-4-12(9(2)10(14)15)6-5-7-13(8-12)11(16)17-3/h9H,4-8H2,1-3H3,(H,14,15). The molecule has 1 rings (SSSR count). The van der Waals surface area contributed by atoms with E-state index in [1.165, 1.54) is 7.11 Å². The van der Waals surface area contributed by atoms with Crippen LogP contribution >= 0.6 is 0 Å². The normalized spacial score (nSPS) is 26.4. The minimum absolute atomic E-state index is 0.321. The molecule has 1 heterocycles. The van der Waals surface area contributed by atoms with Gasteiger partial charge in [0.2, 0.25) is 0 Å². The van der Waals surface area contributed by atoms with E-state index in [1.807, 2.05) is 6.92 Å². The molecule has 5 nitrogen and oxygen atoms in total. The van der Waals surface area contributed by atoms with E-state index in [4.69, 9.17) is 4.74 Å². The highest BCUT2D eigenvalue weighted by Crippen LogP contribution is 2.40. The number of likely N-dealkylation sites (tertiary alicyclic amines) is 1. The molecule has 0 aliphatic carbocycles. The summed E-state index contributed by atoms with van der Waals surface area (Å²) in [5, 5.41) is 9.18. The van der Waals surface area contributed by atoms with Crippen molar-refractivity contribution >= 4 is 12.1 Å². The zero-order chi connectivity index (χ0) is 13.1. The van der Waals surface area contributed by atoms with Gasteiger partial charge in [0.25, 0.3) is 0 Å². The maximum Gasteiger partial charge on any atom is 0.409 e. The monoisotopic (exact) mass is 243 g/mol. The third-order valence-corrected chi connectivity index (χ3v) is 4.03. The first-order valence-corrected chi connectivity index (χ1v) is 6.02. The summed E-state index contributed by atoms with van der Waals surface area (Å²) in [5.41, 5.74) is -0.321. The minimum Gasteiger partial charge on any atom is -0.481 e. The predicted octanol–water partition coefficient (Wildman–Crippen LogP) is 1.97. The number of carboxylic acid groups (broad SMARTS) is 1. The molecule has 0 bridgehead atoms. The average molecular weight is 243 g/mol. The van der Waals surface area contributed by atoms with Gasteiger partial charge in [0.1, 0.15) is 0 Å². The van der Waals surface area contributed by atoms with Crippen molar-refractivity contribution < 1.29 is 19.4 Å². The van der Waals surface area contributed by atoms with Crippen LogP contribution in [0.15, 0.2) is 0 Å². The number of carboxylic acids is 1. The molecule has 1 saturated heterocycles. The van der Waals surface area contributed by atoms with Crippen LogP contribution in [0, 0.1) is 11.3 Å². The highest BCUT2D eigenvalue weighted by atomic mass is 16.5. The lowest BCUT2D eigenvalue weighted by atomic mass is 9.69. The van der Waals surface area contributed by atoms with Gasteiger partial charge in [0, 0.05) is 18.5 Å². The van der Waals surface area contributed by atoms with Crippen LogP contribution in [0.3, 0.4) is 0 Å². The van der Waals surface area contributed by atoms with E-state index in [0.29, 0.717) is 13.1 Å². The van der Waals surface area contributed by atoms with Gasteiger partial charge in [-0.1, -0.05) is 13.8 Å². The Bertz CT molecular complexity index is 305. The molecule has 1 fully saturated rings. The van der Waals surface area contributed by atoms with E-state index in [9.17, 15) is 14.7 Å². The summed E-state index contributed by atoms with van der Waals surface area (Å²) in [5.74, 6) is -1.24. The van der Waals surface area contributed by atoms with Crippen molar-refractivity contribution in [3.63, 3.8) is 0 Å². The number of ether oxygens (including phenoxy) is 1. The van der Waals surface area contributed by atoms with Gasteiger partial charge in [0.15, 0.2) is 0 Å². The predicted molar refractivity (Wildman–Crippen MR) is 62.7 cm³/mol. The molecule has 1 N–H and O–H groups in total. The minimum atomic E-state index is -0.793. The number of hydrogen-bond acceptors (Lipinski definition) is 3. The number of aliphatic carboxylic acids is 1. The number of amides is 1. The Morgan fingerprint density at radius 3 is 2.65 bits per heavy atom. The fourth-order valence-electron chi connectivity index (χ4n) is 2.66. The first-order chi connectivity index (χ1) is 7.96. The molecular weight excluding hydrogens is 222 g/mol. The Balaban J connectivity index is 2.85. The number of hydrogen-bond donors (Lipinski definition) is 1. The Morgan fingerprint density at radius 1 is 1.53 bits per heavy atom. The fraction of sp³-hybridized carbons (Fsp3) is 0.833. The van der Waals surface area contributed by atoms with E-state index in [-0.39, 0.29) is 11.5 Å². The number of methoxy groups -OCH3 is 1. The molecule has 1 aliphatic rings. The van der Waals surface area contributed by atoms with Crippen molar-refractivity contribution in [2.45, 2.75) is 33.1 Å². The van der Waals surface area contributed by atoms with Crippen LogP contribution in [-0.2, 0) is 9.53 Å². The SMILES string of the molecule is CCC1(C(C)C(=O)O)CCCN(C(=O)OC)C1. The van der Waals surface area contributed by atoms with E-state index in [2.05, 4.69) is 0 Å². The largest absolute Gasteiger partial charge is 0.481 e.